The van der Waals surface area contributed by atoms with Crippen molar-refractivity contribution >= 4 is 29.3 Å². The van der Waals surface area contributed by atoms with E-state index in [0.29, 0.717) is 11.3 Å². The first-order valence-electron chi connectivity index (χ1n) is 7.51. The number of hydrogen-bond donors (Lipinski definition) is 2. The number of benzene rings is 2. The van der Waals surface area contributed by atoms with E-state index in [9.17, 15) is 19.7 Å². The maximum atomic E-state index is 11.9. The molecule has 2 aromatic rings. The Bertz CT molecular complexity index is 813. The standard InChI is InChI=1S/C18H17N3O4/c1-19-18(23)12-13-6-9-15(10-7-13)20-17(22)11-8-14-4-2-3-5-16(14)21(24)25/h2-11H,12H2,1H3,(H,19,23)(H,20,22)/b11-8+. The Balaban J connectivity index is 2.01. The number of nitrogens with one attached hydrogen (secondary N) is 2. The molecule has 0 unspecified atom stereocenters. The normalized spacial score (nSPS) is 10.4. The van der Waals surface area contributed by atoms with Crippen molar-refractivity contribution in [2.45, 2.75) is 6.42 Å². The number of para-hydroxylation sites is 1. The lowest BCUT2D eigenvalue weighted by Crippen LogP contribution is -2.19. The lowest BCUT2D eigenvalue weighted by Gasteiger charge is -2.04. The number of nitro benzene ring substituents is 1. The SMILES string of the molecule is CNC(=O)Cc1ccc(NC(=O)/C=C/c2ccccc2[N+](=O)[O-])cc1. The van der Waals surface area contributed by atoms with Gasteiger partial charge in [-0.2, -0.15) is 0 Å². The number of hydrogen-bond acceptors (Lipinski definition) is 4. The number of likely N-dealkylation sites (N-methyl/N-ethyl adjacent to an activating group) is 1. The quantitative estimate of drug-likeness (QED) is 0.480. The van der Waals surface area contributed by atoms with Crippen molar-refractivity contribution in [1.82, 2.24) is 5.32 Å². The van der Waals surface area contributed by atoms with Crippen molar-refractivity contribution in [2.24, 2.45) is 0 Å². The van der Waals surface area contributed by atoms with E-state index in [0.717, 1.165) is 5.56 Å². The number of amides is 2. The Morgan fingerprint density at radius 2 is 1.80 bits per heavy atom. The molecule has 0 aromatic heterocycles. The van der Waals surface area contributed by atoms with Crippen molar-refractivity contribution < 1.29 is 14.5 Å². The topological polar surface area (TPSA) is 101 Å². The molecule has 25 heavy (non-hydrogen) atoms. The highest BCUT2D eigenvalue weighted by atomic mass is 16.6. The Kier molecular flexibility index (Phi) is 6.00. The second-order valence-electron chi connectivity index (χ2n) is 5.19. The molecule has 0 fully saturated rings. The molecular weight excluding hydrogens is 322 g/mol. The third-order valence-electron chi connectivity index (χ3n) is 3.41. The van der Waals surface area contributed by atoms with Gasteiger partial charge in [-0.25, -0.2) is 0 Å². The summed E-state index contributed by atoms with van der Waals surface area (Å²) in [6.45, 7) is 0. The maximum Gasteiger partial charge on any atom is 0.276 e. The van der Waals surface area contributed by atoms with Crippen LogP contribution in [0, 0.1) is 10.1 Å². The molecule has 0 saturated carbocycles. The van der Waals surface area contributed by atoms with Gasteiger partial charge in [0, 0.05) is 24.9 Å². The molecule has 2 amide bonds. The fourth-order valence-corrected chi connectivity index (χ4v) is 2.12. The largest absolute Gasteiger partial charge is 0.359 e. The summed E-state index contributed by atoms with van der Waals surface area (Å²) < 4.78 is 0. The lowest BCUT2D eigenvalue weighted by molar-refractivity contribution is -0.385. The van der Waals surface area contributed by atoms with Gasteiger partial charge < -0.3 is 10.6 Å². The minimum atomic E-state index is -0.497. The first-order valence-corrected chi connectivity index (χ1v) is 7.51. The van der Waals surface area contributed by atoms with Crippen LogP contribution in [0.15, 0.2) is 54.6 Å². The monoisotopic (exact) mass is 339 g/mol. The third-order valence-corrected chi connectivity index (χ3v) is 3.41. The average Bonchev–Trinajstić information content (AvgIpc) is 2.61. The van der Waals surface area contributed by atoms with E-state index in [1.807, 2.05) is 0 Å². The van der Waals surface area contributed by atoms with Crippen molar-refractivity contribution in [1.29, 1.82) is 0 Å². The molecule has 0 aliphatic carbocycles. The fourth-order valence-electron chi connectivity index (χ4n) is 2.12. The summed E-state index contributed by atoms with van der Waals surface area (Å²) in [4.78, 5) is 33.7. The van der Waals surface area contributed by atoms with Gasteiger partial charge in [0.15, 0.2) is 0 Å². The first kappa shape index (κ1) is 17.9. The van der Waals surface area contributed by atoms with Crippen LogP contribution < -0.4 is 10.6 Å². The number of carbonyl (C=O) groups is 2. The molecule has 0 radical (unpaired) electrons. The van der Waals surface area contributed by atoms with E-state index in [4.69, 9.17) is 0 Å². The molecule has 2 rings (SSSR count). The van der Waals surface area contributed by atoms with Crippen LogP contribution in [-0.2, 0) is 16.0 Å². The predicted octanol–water partition coefficient (Wildman–Crippen LogP) is 2.54. The van der Waals surface area contributed by atoms with Crippen molar-refractivity contribution in [3.63, 3.8) is 0 Å². The van der Waals surface area contributed by atoms with E-state index >= 15 is 0 Å². The van der Waals surface area contributed by atoms with Crippen LogP contribution in [0.4, 0.5) is 11.4 Å². The number of nitro groups is 1. The van der Waals surface area contributed by atoms with Gasteiger partial charge in [0.25, 0.3) is 5.69 Å². The minimum Gasteiger partial charge on any atom is -0.359 e. The summed E-state index contributed by atoms with van der Waals surface area (Å²) >= 11 is 0. The molecule has 2 N–H and O–H groups in total. The molecule has 0 aliphatic heterocycles. The highest BCUT2D eigenvalue weighted by Crippen LogP contribution is 2.19. The molecule has 0 saturated heterocycles. The molecule has 0 heterocycles. The molecule has 0 atom stereocenters. The van der Waals surface area contributed by atoms with Crippen LogP contribution >= 0.6 is 0 Å². The number of anilines is 1. The van der Waals surface area contributed by atoms with Gasteiger partial charge >= 0.3 is 0 Å². The number of nitrogens with zero attached hydrogens (tertiary/aromatic N) is 1. The highest BCUT2D eigenvalue weighted by Gasteiger charge is 2.09. The van der Waals surface area contributed by atoms with Crippen LogP contribution in [0.2, 0.25) is 0 Å². The summed E-state index contributed by atoms with van der Waals surface area (Å²) in [7, 11) is 1.57. The Hall–Kier alpha value is -3.48. The van der Waals surface area contributed by atoms with Gasteiger partial charge in [0.05, 0.1) is 16.9 Å². The van der Waals surface area contributed by atoms with Crippen molar-refractivity contribution in [2.75, 3.05) is 12.4 Å². The van der Waals surface area contributed by atoms with Crippen molar-refractivity contribution in [3.05, 3.63) is 75.8 Å². The smallest absolute Gasteiger partial charge is 0.276 e. The predicted molar refractivity (Wildman–Crippen MR) is 95.0 cm³/mol. The van der Waals surface area contributed by atoms with E-state index in [-0.39, 0.29) is 18.0 Å². The van der Waals surface area contributed by atoms with Crippen LogP contribution in [0.3, 0.4) is 0 Å². The fraction of sp³-hybridized carbons (Fsp3) is 0.111. The zero-order valence-electron chi connectivity index (χ0n) is 13.6. The van der Waals surface area contributed by atoms with Crippen LogP contribution in [0.1, 0.15) is 11.1 Å². The van der Waals surface area contributed by atoms with Crippen molar-refractivity contribution in [3.8, 4) is 0 Å². The summed E-state index contributed by atoms with van der Waals surface area (Å²) in [6, 6.07) is 13.0. The zero-order valence-corrected chi connectivity index (χ0v) is 13.6. The van der Waals surface area contributed by atoms with Gasteiger partial charge in [-0.15, -0.1) is 0 Å². The Morgan fingerprint density at radius 1 is 1.12 bits per heavy atom. The molecule has 2 aromatic carbocycles. The summed E-state index contributed by atoms with van der Waals surface area (Å²) in [5, 5.41) is 16.1. The number of rotatable bonds is 6. The number of carbonyl (C=O) groups excluding carboxylic acids is 2. The molecular formula is C18H17N3O4. The second-order valence-corrected chi connectivity index (χ2v) is 5.19. The molecule has 0 bridgehead atoms. The van der Waals surface area contributed by atoms with Gasteiger partial charge in [-0.1, -0.05) is 24.3 Å². The zero-order chi connectivity index (χ0) is 18.2. The highest BCUT2D eigenvalue weighted by molar-refractivity contribution is 6.02. The summed E-state index contributed by atoms with van der Waals surface area (Å²) in [6.07, 6.45) is 2.90. The van der Waals surface area contributed by atoms with Gasteiger partial charge in [0.1, 0.15) is 0 Å². The minimum absolute atomic E-state index is 0.0647. The van der Waals surface area contributed by atoms with E-state index in [1.165, 1.54) is 18.2 Å². The Labute approximate surface area is 144 Å². The Morgan fingerprint density at radius 3 is 2.44 bits per heavy atom. The third kappa shape index (κ3) is 5.28. The van der Waals surface area contributed by atoms with Gasteiger partial charge in [-0.05, 0) is 29.8 Å². The second kappa shape index (κ2) is 8.39. The van der Waals surface area contributed by atoms with Crippen LogP contribution in [0.25, 0.3) is 6.08 Å². The molecule has 7 nitrogen and oxygen atoms in total. The maximum absolute atomic E-state index is 11.9. The van der Waals surface area contributed by atoms with Gasteiger partial charge in [-0.3, -0.25) is 19.7 Å². The van der Waals surface area contributed by atoms with E-state index in [1.54, 1.807) is 49.5 Å². The molecule has 0 aliphatic rings. The molecule has 0 spiro atoms. The summed E-state index contributed by atoms with van der Waals surface area (Å²) in [5.41, 5.74) is 1.68. The average molecular weight is 339 g/mol. The molecule has 7 heteroatoms. The van der Waals surface area contributed by atoms with E-state index < -0.39 is 10.8 Å². The molecule has 128 valence electrons. The van der Waals surface area contributed by atoms with Gasteiger partial charge in [0.2, 0.25) is 11.8 Å². The van der Waals surface area contributed by atoms with Crippen LogP contribution in [0.5, 0.6) is 0 Å². The van der Waals surface area contributed by atoms with Crippen LogP contribution in [-0.4, -0.2) is 23.8 Å². The summed E-state index contributed by atoms with van der Waals surface area (Å²) in [5.74, 6) is -0.499. The van der Waals surface area contributed by atoms with E-state index in [2.05, 4.69) is 10.6 Å². The first-order chi connectivity index (χ1) is 12.0. The lowest BCUT2D eigenvalue weighted by atomic mass is 10.1.